The summed E-state index contributed by atoms with van der Waals surface area (Å²) in [6, 6.07) is 8.29. The first-order valence-corrected chi connectivity index (χ1v) is 7.78. The summed E-state index contributed by atoms with van der Waals surface area (Å²) in [6.45, 7) is 12.1. The van der Waals surface area contributed by atoms with Gasteiger partial charge in [-0.3, -0.25) is 4.79 Å². The number of benzene rings is 1. The van der Waals surface area contributed by atoms with Crippen LogP contribution in [0.15, 0.2) is 24.3 Å². The molecule has 1 N–H and O–H groups in total. The lowest BCUT2D eigenvalue weighted by Crippen LogP contribution is -2.31. The van der Waals surface area contributed by atoms with Crippen molar-refractivity contribution < 1.29 is 4.79 Å². The van der Waals surface area contributed by atoms with Gasteiger partial charge in [-0.05, 0) is 51.3 Å². The zero-order valence-electron chi connectivity index (χ0n) is 14.3. The number of amides is 1. The van der Waals surface area contributed by atoms with Crippen LogP contribution in [0.5, 0.6) is 0 Å². The molecule has 0 aliphatic heterocycles. The summed E-state index contributed by atoms with van der Waals surface area (Å²) in [6.07, 6.45) is 0. The number of aryl methyl sites for hydroxylation is 2. The fourth-order valence-electron chi connectivity index (χ4n) is 2.65. The molecule has 1 aromatic heterocycles. The van der Waals surface area contributed by atoms with E-state index in [1.165, 1.54) is 5.56 Å². The monoisotopic (exact) mass is 299 g/mol. The van der Waals surface area contributed by atoms with Gasteiger partial charge < -0.3 is 5.32 Å². The summed E-state index contributed by atoms with van der Waals surface area (Å²) in [5.74, 6) is 0.157. The lowest BCUT2D eigenvalue weighted by atomic mass is 10.0. The second kappa shape index (κ2) is 6.34. The summed E-state index contributed by atoms with van der Waals surface area (Å²) in [7, 11) is 0. The van der Waals surface area contributed by atoms with Crippen molar-refractivity contribution in [2.24, 2.45) is 0 Å². The van der Waals surface area contributed by atoms with Crippen LogP contribution in [-0.4, -0.2) is 21.7 Å². The van der Waals surface area contributed by atoms with Gasteiger partial charge in [-0.25, -0.2) is 4.68 Å². The Hall–Kier alpha value is -2.10. The summed E-state index contributed by atoms with van der Waals surface area (Å²) in [4.78, 5) is 12.5. The molecule has 2 aromatic rings. The third-order valence-corrected chi connectivity index (χ3v) is 3.54. The van der Waals surface area contributed by atoms with Crippen molar-refractivity contribution in [2.45, 2.75) is 53.5 Å². The highest BCUT2D eigenvalue weighted by atomic mass is 16.1. The normalized spacial score (nSPS) is 11.3. The molecule has 0 bridgehead atoms. The van der Waals surface area contributed by atoms with Gasteiger partial charge in [0.15, 0.2) is 0 Å². The molecule has 0 aliphatic carbocycles. The average molecular weight is 299 g/mol. The largest absolute Gasteiger partial charge is 0.350 e. The Labute approximate surface area is 132 Å². The molecule has 4 heteroatoms. The van der Waals surface area contributed by atoms with Crippen LogP contribution in [-0.2, 0) is 0 Å². The maximum Gasteiger partial charge on any atom is 0.255 e. The van der Waals surface area contributed by atoms with Crippen molar-refractivity contribution in [1.29, 1.82) is 0 Å². The molecule has 2 rings (SSSR count). The molecule has 1 amide bonds. The standard InChI is InChI=1S/C18H25N3O/c1-11(2)17-16(18(22)19-12(3)4)14(6)20-21(17)15-9-7-8-13(5)10-15/h7-12H,1-6H3,(H,19,22). The van der Waals surface area contributed by atoms with Crippen LogP contribution in [0.4, 0.5) is 0 Å². The van der Waals surface area contributed by atoms with Gasteiger partial charge in [0, 0.05) is 6.04 Å². The van der Waals surface area contributed by atoms with Crippen LogP contribution >= 0.6 is 0 Å². The van der Waals surface area contributed by atoms with E-state index in [1.54, 1.807) is 0 Å². The zero-order chi connectivity index (χ0) is 16.4. The number of aromatic nitrogens is 2. The molecule has 1 aromatic carbocycles. The van der Waals surface area contributed by atoms with Gasteiger partial charge in [0.25, 0.3) is 5.91 Å². The average Bonchev–Trinajstić information content (AvgIpc) is 2.75. The van der Waals surface area contributed by atoms with Gasteiger partial charge in [0.1, 0.15) is 0 Å². The summed E-state index contributed by atoms with van der Waals surface area (Å²) in [5.41, 5.74) is 4.60. The molecule has 0 atom stereocenters. The van der Waals surface area contributed by atoms with Crippen LogP contribution in [0.1, 0.15) is 60.9 Å². The summed E-state index contributed by atoms with van der Waals surface area (Å²) >= 11 is 0. The Morgan fingerprint density at radius 2 is 1.86 bits per heavy atom. The van der Waals surface area contributed by atoms with E-state index in [2.05, 4.69) is 43.3 Å². The highest BCUT2D eigenvalue weighted by molar-refractivity contribution is 5.97. The van der Waals surface area contributed by atoms with E-state index in [4.69, 9.17) is 0 Å². The van der Waals surface area contributed by atoms with E-state index >= 15 is 0 Å². The Morgan fingerprint density at radius 1 is 1.18 bits per heavy atom. The first kappa shape index (κ1) is 16.3. The van der Waals surface area contributed by atoms with Crippen LogP contribution in [0.25, 0.3) is 5.69 Å². The van der Waals surface area contributed by atoms with Crippen LogP contribution in [0.3, 0.4) is 0 Å². The topological polar surface area (TPSA) is 46.9 Å². The van der Waals surface area contributed by atoms with E-state index < -0.39 is 0 Å². The van der Waals surface area contributed by atoms with Gasteiger partial charge in [-0.2, -0.15) is 5.10 Å². The molecule has 0 saturated carbocycles. The molecule has 0 spiro atoms. The van der Waals surface area contributed by atoms with Crippen molar-refractivity contribution in [1.82, 2.24) is 15.1 Å². The minimum atomic E-state index is -0.0462. The van der Waals surface area contributed by atoms with E-state index in [0.29, 0.717) is 5.56 Å². The molecule has 0 fully saturated rings. The molecule has 0 unspecified atom stereocenters. The molecule has 0 radical (unpaired) electrons. The van der Waals surface area contributed by atoms with Crippen LogP contribution in [0, 0.1) is 13.8 Å². The molecule has 22 heavy (non-hydrogen) atoms. The van der Waals surface area contributed by atoms with Gasteiger partial charge in [0.05, 0.1) is 22.6 Å². The van der Waals surface area contributed by atoms with Crippen molar-refractivity contribution in [3.05, 3.63) is 46.8 Å². The lowest BCUT2D eigenvalue weighted by Gasteiger charge is -2.14. The van der Waals surface area contributed by atoms with Gasteiger partial charge in [-0.1, -0.05) is 26.0 Å². The fraction of sp³-hybridized carbons (Fsp3) is 0.444. The number of carbonyl (C=O) groups excluding carboxylic acids is 1. The SMILES string of the molecule is Cc1cccc(-n2nc(C)c(C(=O)NC(C)C)c2C(C)C)c1. The second-order valence-corrected chi connectivity index (χ2v) is 6.38. The summed E-state index contributed by atoms with van der Waals surface area (Å²) in [5, 5.41) is 7.61. The molecular weight excluding hydrogens is 274 g/mol. The first-order valence-electron chi connectivity index (χ1n) is 7.78. The van der Waals surface area contributed by atoms with Crippen molar-refractivity contribution >= 4 is 5.91 Å². The van der Waals surface area contributed by atoms with Crippen molar-refractivity contribution in [2.75, 3.05) is 0 Å². The zero-order valence-corrected chi connectivity index (χ0v) is 14.3. The quantitative estimate of drug-likeness (QED) is 0.934. The number of rotatable bonds is 4. The maximum atomic E-state index is 12.5. The van der Waals surface area contributed by atoms with E-state index in [-0.39, 0.29) is 17.9 Å². The Morgan fingerprint density at radius 3 is 2.41 bits per heavy atom. The van der Waals surface area contributed by atoms with Crippen LogP contribution < -0.4 is 5.32 Å². The third-order valence-electron chi connectivity index (χ3n) is 3.54. The number of hydrogen-bond acceptors (Lipinski definition) is 2. The van der Waals surface area contributed by atoms with Crippen molar-refractivity contribution in [3.8, 4) is 5.69 Å². The highest BCUT2D eigenvalue weighted by Crippen LogP contribution is 2.26. The predicted octanol–water partition coefficient (Wildman–Crippen LogP) is 3.75. The second-order valence-electron chi connectivity index (χ2n) is 6.38. The highest BCUT2D eigenvalue weighted by Gasteiger charge is 2.24. The van der Waals surface area contributed by atoms with E-state index in [1.807, 2.05) is 37.6 Å². The van der Waals surface area contributed by atoms with Gasteiger partial charge in [0.2, 0.25) is 0 Å². The minimum absolute atomic E-state index is 0.0462. The summed E-state index contributed by atoms with van der Waals surface area (Å²) < 4.78 is 1.90. The number of hydrogen-bond donors (Lipinski definition) is 1. The molecular formula is C18H25N3O. The first-order chi connectivity index (χ1) is 10.3. The molecule has 0 aliphatic rings. The number of nitrogens with one attached hydrogen (secondary N) is 1. The van der Waals surface area contributed by atoms with Crippen molar-refractivity contribution in [3.63, 3.8) is 0 Å². The van der Waals surface area contributed by atoms with Gasteiger partial charge in [-0.15, -0.1) is 0 Å². The van der Waals surface area contributed by atoms with Gasteiger partial charge >= 0.3 is 0 Å². The lowest BCUT2D eigenvalue weighted by molar-refractivity contribution is 0.0941. The Bertz CT molecular complexity index is 684. The van der Waals surface area contributed by atoms with E-state index in [9.17, 15) is 4.79 Å². The predicted molar refractivity (Wildman–Crippen MR) is 89.7 cm³/mol. The molecule has 1 heterocycles. The fourth-order valence-corrected chi connectivity index (χ4v) is 2.65. The maximum absolute atomic E-state index is 12.5. The Kier molecular flexibility index (Phi) is 4.69. The van der Waals surface area contributed by atoms with Crippen LogP contribution in [0.2, 0.25) is 0 Å². The minimum Gasteiger partial charge on any atom is -0.350 e. The molecule has 118 valence electrons. The smallest absolute Gasteiger partial charge is 0.255 e. The number of nitrogens with zero attached hydrogens (tertiary/aromatic N) is 2. The Balaban J connectivity index is 2.60. The van der Waals surface area contributed by atoms with E-state index in [0.717, 1.165) is 17.1 Å². The number of carbonyl (C=O) groups is 1. The molecule has 0 saturated heterocycles. The molecule has 4 nitrogen and oxygen atoms in total. The third kappa shape index (κ3) is 3.21.